The highest BCUT2D eigenvalue weighted by atomic mass is 35.7. The fourth-order valence-electron chi connectivity index (χ4n) is 8.20. The molecule has 7 aromatic carbocycles. The van der Waals surface area contributed by atoms with Gasteiger partial charge in [-0.15, -0.1) is 11.8 Å². The van der Waals surface area contributed by atoms with E-state index in [1.54, 1.807) is 11.8 Å². The fourth-order valence-corrected chi connectivity index (χ4v) is 9.82. The van der Waals surface area contributed by atoms with E-state index >= 15 is 0 Å². The van der Waals surface area contributed by atoms with Crippen molar-refractivity contribution in [2.24, 2.45) is 0 Å². The Morgan fingerprint density at radius 2 is 0.870 bits per heavy atom. The van der Waals surface area contributed by atoms with E-state index in [-0.39, 0.29) is 36.6 Å². The second-order valence-corrected chi connectivity index (χ2v) is 20.1. The molecule has 0 atom stereocenters. The van der Waals surface area contributed by atoms with Crippen LogP contribution in [0.4, 0.5) is 20.2 Å². The Bertz CT molecular complexity index is 3040. The van der Waals surface area contributed by atoms with Crippen molar-refractivity contribution >= 4 is 66.5 Å². The summed E-state index contributed by atoms with van der Waals surface area (Å²) in [6.45, 7) is 0. The molecule has 0 unspecified atom stereocenters. The number of nitrogens with one attached hydrogen (secondary N) is 4. The highest BCUT2D eigenvalue weighted by molar-refractivity contribution is 8.13. The number of thioether (sulfide) groups is 1. The van der Waals surface area contributed by atoms with E-state index in [1.807, 2.05) is 91.0 Å². The Labute approximate surface area is 408 Å². The molecule has 69 heavy (non-hydrogen) atoms. The molecule has 7 aromatic rings. The Morgan fingerprint density at radius 1 is 0.507 bits per heavy atom. The maximum Gasteiger partial charge on any atom is 0.261 e. The van der Waals surface area contributed by atoms with Gasteiger partial charge in [-0.05, 0) is 125 Å². The second kappa shape index (κ2) is 21.4. The maximum absolute atomic E-state index is 13.6. The van der Waals surface area contributed by atoms with Gasteiger partial charge in [0, 0.05) is 69.5 Å². The number of fused-ring (bicyclic) bond motifs is 2. The van der Waals surface area contributed by atoms with Crippen LogP contribution in [0.15, 0.2) is 186 Å². The lowest BCUT2D eigenvalue weighted by Gasteiger charge is -2.29. The quantitative estimate of drug-likeness (QED) is 0.0703. The van der Waals surface area contributed by atoms with Crippen molar-refractivity contribution in [3.05, 3.63) is 227 Å². The minimum Gasteiger partial charge on any atom is -0.337 e. The van der Waals surface area contributed by atoms with E-state index < -0.39 is 49.5 Å². The molecular weight excluding hydrogens is 938 g/mol. The van der Waals surface area contributed by atoms with Gasteiger partial charge in [0.1, 0.15) is 22.7 Å². The van der Waals surface area contributed by atoms with Crippen molar-refractivity contribution in [3.63, 3.8) is 0 Å². The molecule has 352 valence electrons. The van der Waals surface area contributed by atoms with E-state index in [0.717, 1.165) is 32.9 Å². The summed E-state index contributed by atoms with van der Waals surface area (Å²) >= 11 is 1.73. The summed E-state index contributed by atoms with van der Waals surface area (Å²) < 4.78 is 49.5. The van der Waals surface area contributed by atoms with Crippen LogP contribution >= 0.6 is 22.4 Å². The van der Waals surface area contributed by atoms with Crippen LogP contribution in [-0.4, -0.2) is 43.1 Å². The third-order valence-electron chi connectivity index (χ3n) is 11.7. The van der Waals surface area contributed by atoms with Crippen LogP contribution in [-0.2, 0) is 50.1 Å². The van der Waals surface area contributed by atoms with E-state index in [2.05, 4.69) is 33.4 Å². The molecule has 0 aliphatic heterocycles. The normalized spacial score (nSPS) is 13.8. The first-order chi connectivity index (χ1) is 32.7. The molecule has 4 amide bonds. The summed E-state index contributed by atoms with van der Waals surface area (Å²) in [4.78, 5) is 53.9. The highest BCUT2D eigenvalue weighted by Crippen LogP contribution is 2.34. The maximum atomic E-state index is 13.6. The summed E-state index contributed by atoms with van der Waals surface area (Å²) in [7, 11) is 1.45. The van der Waals surface area contributed by atoms with Crippen LogP contribution in [0.1, 0.15) is 56.0 Å². The Balaban J connectivity index is 0.000000202. The lowest BCUT2D eigenvalue weighted by Crippen LogP contribution is -2.57. The van der Waals surface area contributed by atoms with Crippen LogP contribution in [0, 0.1) is 11.6 Å². The molecule has 0 aromatic heterocycles. The molecule has 0 saturated heterocycles. The minimum absolute atomic E-state index is 0. The number of hydrogen-bond acceptors (Lipinski definition) is 7. The zero-order chi connectivity index (χ0) is 47.9. The zero-order valence-electron chi connectivity index (χ0n) is 36.2. The topological polar surface area (TPSA) is 151 Å². The fraction of sp³-hybridized carbons (Fsp3) is 0.148. The van der Waals surface area contributed by atoms with Gasteiger partial charge in [0.05, 0.1) is 4.90 Å². The van der Waals surface area contributed by atoms with Crippen LogP contribution < -0.4 is 21.3 Å². The summed E-state index contributed by atoms with van der Waals surface area (Å²) in [5, 5.41) is 11.6. The van der Waals surface area contributed by atoms with Crippen molar-refractivity contribution in [1.29, 1.82) is 0 Å². The molecule has 9 rings (SSSR count). The average molecular weight is 986 g/mol. The average Bonchev–Trinajstić information content (AvgIpc) is 3.91. The van der Waals surface area contributed by atoms with Crippen molar-refractivity contribution in [2.75, 3.05) is 10.6 Å². The number of rotatable bonds is 12. The van der Waals surface area contributed by atoms with Crippen LogP contribution in [0.25, 0.3) is 0 Å². The van der Waals surface area contributed by atoms with E-state index in [1.165, 1.54) is 78.4 Å². The molecule has 0 heterocycles. The van der Waals surface area contributed by atoms with Gasteiger partial charge in [-0.1, -0.05) is 86.3 Å². The molecule has 0 fully saturated rings. The largest absolute Gasteiger partial charge is 0.337 e. The molecule has 0 spiro atoms. The van der Waals surface area contributed by atoms with Crippen LogP contribution in [0.3, 0.4) is 0 Å². The molecule has 0 saturated carbocycles. The number of anilines is 2. The van der Waals surface area contributed by atoms with E-state index in [9.17, 15) is 36.4 Å². The van der Waals surface area contributed by atoms with Crippen molar-refractivity contribution in [3.8, 4) is 0 Å². The van der Waals surface area contributed by atoms with Gasteiger partial charge in [0.25, 0.3) is 32.7 Å². The molecule has 0 radical (unpaired) electrons. The number of halogens is 3. The summed E-state index contributed by atoms with van der Waals surface area (Å²) in [6, 6.07) is 49.1. The molecule has 10 nitrogen and oxygen atoms in total. The number of carbonyl (C=O) groups is 4. The second-order valence-electron chi connectivity index (χ2n) is 16.5. The lowest BCUT2D eigenvalue weighted by molar-refractivity contribution is -0.122. The van der Waals surface area contributed by atoms with Gasteiger partial charge in [0.15, 0.2) is 0 Å². The van der Waals surface area contributed by atoms with Gasteiger partial charge in [-0.2, -0.15) is 0 Å². The number of benzene rings is 7. The van der Waals surface area contributed by atoms with Crippen LogP contribution in [0.2, 0.25) is 0 Å². The van der Waals surface area contributed by atoms with Gasteiger partial charge >= 0.3 is 0 Å². The first-order valence-corrected chi connectivity index (χ1v) is 24.7. The summed E-state index contributed by atoms with van der Waals surface area (Å²) in [5.41, 5.74) is 4.31. The number of carbonyl (C=O) groups excluding carboxylic acids is 4. The zero-order valence-corrected chi connectivity index (χ0v) is 38.6. The van der Waals surface area contributed by atoms with Crippen molar-refractivity contribution in [1.82, 2.24) is 10.6 Å². The Hall–Kier alpha value is -7.13. The first-order valence-electron chi connectivity index (χ1n) is 21.4. The molecule has 2 aliphatic rings. The number of amides is 4. The van der Waals surface area contributed by atoms with Crippen LogP contribution in [0.5, 0.6) is 0 Å². The molecule has 2 aliphatic carbocycles. The summed E-state index contributed by atoms with van der Waals surface area (Å²) in [6.07, 6.45) is 1.31. The predicted molar refractivity (Wildman–Crippen MR) is 267 cm³/mol. The standard InChI is InChI=1S/C30H25FN2O2S.C23H18ClFN2O4S.CH4/c31-25-12-10-22(11-13-25)28(34)33-30(18-23-8-4-5-9-24(23)19-30)29(35)32-26-14-16-27(17-15-26)36-20-21-6-2-1-3-7-21;24-32(30,31)20-11-9-19(10-12-20)26-22(29)23(13-16-3-1-2-4-17(16)14-23)27-21(28)15-5-7-18(25)8-6-15;/h1-17H,18-20H2,(H,32,35)(H,33,34);1-12H,13-14H2,(H,26,29)(H,27,28);1H4. The van der Waals surface area contributed by atoms with Crippen molar-refractivity contribution < 1.29 is 36.4 Å². The molecule has 15 heteroatoms. The lowest BCUT2D eigenvalue weighted by atomic mass is 9.93. The van der Waals surface area contributed by atoms with E-state index in [0.29, 0.717) is 29.8 Å². The van der Waals surface area contributed by atoms with Gasteiger partial charge in [-0.25, -0.2) is 17.2 Å². The Morgan fingerprint density at radius 3 is 1.25 bits per heavy atom. The molecule has 4 N–H and O–H groups in total. The molecule has 0 bridgehead atoms. The molecular formula is C54H47ClF2N4O6S2. The number of hydrogen-bond donors (Lipinski definition) is 4. The third kappa shape index (κ3) is 12.1. The van der Waals surface area contributed by atoms with E-state index in [4.69, 9.17) is 10.7 Å². The summed E-state index contributed by atoms with van der Waals surface area (Å²) in [5.74, 6) is -1.67. The Kier molecular flexibility index (Phi) is 15.5. The smallest absolute Gasteiger partial charge is 0.261 e. The van der Waals surface area contributed by atoms with Gasteiger partial charge in [0.2, 0.25) is 0 Å². The minimum atomic E-state index is -3.89. The van der Waals surface area contributed by atoms with Gasteiger partial charge in [-0.3, -0.25) is 19.2 Å². The monoisotopic (exact) mass is 984 g/mol. The first kappa shape index (κ1) is 49.8. The predicted octanol–water partition coefficient (Wildman–Crippen LogP) is 10.3. The highest BCUT2D eigenvalue weighted by Gasteiger charge is 2.46. The SMILES string of the molecule is C.O=C(NC1(C(=O)Nc2ccc(S(=O)(=O)Cl)cc2)Cc2ccccc2C1)c1ccc(F)cc1.O=C(NC1(C(=O)Nc2ccc(SCc3ccccc3)cc2)Cc2ccccc2C1)c1ccc(F)cc1. The van der Waals surface area contributed by atoms with Crippen molar-refractivity contribution in [2.45, 2.75) is 59.7 Å². The van der Waals surface area contributed by atoms with Gasteiger partial charge < -0.3 is 21.3 Å². The third-order valence-corrected chi connectivity index (χ3v) is 14.2.